The highest BCUT2D eigenvalue weighted by atomic mass is 15.3. The predicted molar refractivity (Wildman–Crippen MR) is 116 cm³/mol. The van der Waals surface area contributed by atoms with Crippen molar-refractivity contribution in [1.29, 1.82) is 0 Å². The van der Waals surface area contributed by atoms with Crippen LogP contribution < -0.4 is 4.90 Å². The van der Waals surface area contributed by atoms with Gasteiger partial charge >= 0.3 is 0 Å². The van der Waals surface area contributed by atoms with Crippen molar-refractivity contribution in [3.63, 3.8) is 0 Å². The average molecular weight is 380 g/mol. The zero-order chi connectivity index (χ0) is 19.5. The maximum absolute atomic E-state index is 4.55. The van der Waals surface area contributed by atoms with Gasteiger partial charge < -0.3 is 9.80 Å². The first-order valence-corrected chi connectivity index (χ1v) is 10.7. The number of likely N-dealkylation sites (tertiary alicyclic amines) is 1. The summed E-state index contributed by atoms with van der Waals surface area (Å²) in [7, 11) is 2.25. The molecule has 0 N–H and O–H groups in total. The normalized spacial score (nSPS) is 21.8. The highest BCUT2D eigenvalue weighted by Gasteiger charge is 2.23. The van der Waals surface area contributed by atoms with Crippen molar-refractivity contribution in [2.45, 2.75) is 26.7 Å². The Morgan fingerprint density at radius 1 is 0.964 bits per heavy atom. The summed E-state index contributed by atoms with van der Waals surface area (Å²) in [5.74, 6) is 1.84. The summed E-state index contributed by atoms with van der Waals surface area (Å²) in [6.07, 6.45) is 2.74. The van der Waals surface area contributed by atoms with Crippen molar-refractivity contribution >= 4 is 5.82 Å². The first kappa shape index (κ1) is 19.3. The van der Waals surface area contributed by atoms with Crippen LogP contribution in [0, 0.1) is 19.8 Å². The van der Waals surface area contributed by atoms with Crippen LogP contribution in [0.25, 0.3) is 11.3 Å². The standard InChI is InChI=1S/C23H33N5/c1-18-6-7-19(2)21(15-18)22-8-9-23(25-24-22)28-13-11-27(12-14-28)17-20-5-4-10-26(3)16-20/h6-9,15,20H,4-5,10-14,16-17H2,1-3H3. The lowest BCUT2D eigenvalue weighted by atomic mass is 9.97. The van der Waals surface area contributed by atoms with Gasteiger partial charge in [-0.2, -0.15) is 0 Å². The Hall–Kier alpha value is -1.98. The number of benzene rings is 1. The van der Waals surface area contributed by atoms with Crippen LogP contribution in [0.15, 0.2) is 30.3 Å². The largest absolute Gasteiger partial charge is 0.353 e. The van der Waals surface area contributed by atoms with Crippen molar-refractivity contribution in [2.24, 2.45) is 5.92 Å². The molecule has 0 bridgehead atoms. The highest BCUT2D eigenvalue weighted by Crippen LogP contribution is 2.24. The van der Waals surface area contributed by atoms with Gasteiger partial charge in [-0.1, -0.05) is 17.7 Å². The van der Waals surface area contributed by atoms with Crippen molar-refractivity contribution in [3.05, 3.63) is 41.5 Å². The van der Waals surface area contributed by atoms with Gasteiger partial charge in [0.1, 0.15) is 0 Å². The van der Waals surface area contributed by atoms with Crippen molar-refractivity contribution in [2.75, 3.05) is 57.8 Å². The van der Waals surface area contributed by atoms with Crippen LogP contribution in [0.1, 0.15) is 24.0 Å². The third-order valence-corrected chi connectivity index (χ3v) is 6.25. The molecule has 1 aromatic carbocycles. The lowest BCUT2D eigenvalue weighted by Gasteiger charge is -2.38. The molecule has 2 aliphatic heterocycles. The number of piperazine rings is 1. The van der Waals surface area contributed by atoms with E-state index >= 15 is 0 Å². The van der Waals surface area contributed by atoms with Gasteiger partial charge in [0.15, 0.2) is 5.82 Å². The van der Waals surface area contributed by atoms with Crippen LogP contribution in [0.2, 0.25) is 0 Å². The van der Waals surface area contributed by atoms with E-state index in [0.717, 1.165) is 43.6 Å². The minimum absolute atomic E-state index is 0.835. The summed E-state index contributed by atoms with van der Waals surface area (Å²) in [6, 6.07) is 10.7. The van der Waals surface area contributed by atoms with E-state index < -0.39 is 0 Å². The number of piperidine rings is 1. The van der Waals surface area contributed by atoms with Gasteiger partial charge in [-0.05, 0) is 70.0 Å². The third kappa shape index (κ3) is 4.53. The Morgan fingerprint density at radius 3 is 2.50 bits per heavy atom. The lowest BCUT2D eigenvalue weighted by Crippen LogP contribution is -2.49. The highest BCUT2D eigenvalue weighted by molar-refractivity contribution is 5.64. The molecule has 3 heterocycles. The summed E-state index contributed by atoms with van der Waals surface area (Å²) in [5.41, 5.74) is 4.65. The topological polar surface area (TPSA) is 35.5 Å². The maximum atomic E-state index is 4.55. The number of nitrogens with zero attached hydrogens (tertiary/aromatic N) is 5. The Kier molecular flexibility index (Phi) is 5.93. The smallest absolute Gasteiger partial charge is 0.151 e. The first-order valence-electron chi connectivity index (χ1n) is 10.7. The summed E-state index contributed by atoms with van der Waals surface area (Å²) < 4.78 is 0. The number of rotatable bonds is 4. The van der Waals surface area contributed by atoms with Gasteiger partial charge in [0, 0.05) is 44.8 Å². The van der Waals surface area contributed by atoms with Crippen LogP contribution in [-0.2, 0) is 0 Å². The molecule has 5 nitrogen and oxygen atoms in total. The van der Waals surface area contributed by atoms with Crippen LogP contribution in [0.5, 0.6) is 0 Å². The number of aryl methyl sites for hydroxylation is 2. The Balaban J connectivity index is 1.34. The van der Waals surface area contributed by atoms with Gasteiger partial charge in [-0.3, -0.25) is 4.90 Å². The quantitative estimate of drug-likeness (QED) is 0.815. The fourth-order valence-electron chi connectivity index (χ4n) is 4.60. The summed E-state index contributed by atoms with van der Waals surface area (Å²) in [6.45, 7) is 12.4. The van der Waals surface area contributed by atoms with Gasteiger partial charge in [0.25, 0.3) is 0 Å². The minimum Gasteiger partial charge on any atom is -0.353 e. The third-order valence-electron chi connectivity index (χ3n) is 6.25. The molecular weight excluding hydrogens is 346 g/mol. The van der Waals surface area contributed by atoms with E-state index in [1.54, 1.807) is 0 Å². The molecule has 2 saturated heterocycles. The molecule has 4 rings (SSSR count). The molecule has 0 aliphatic carbocycles. The molecular formula is C23H33N5. The Morgan fingerprint density at radius 2 is 1.79 bits per heavy atom. The molecule has 2 aliphatic rings. The summed E-state index contributed by atoms with van der Waals surface area (Å²) in [5, 5.41) is 9.09. The Labute approximate surface area is 169 Å². The monoisotopic (exact) mass is 379 g/mol. The van der Waals surface area contributed by atoms with E-state index in [1.807, 2.05) is 0 Å². The molecule has 2 aromatic rings. The van der Waals surface area contributed by atoms with E-state index in [4.69, 9.17) is 0 Å². The van der Waals surface area contributed by atoms with E-state index in [0.29, 0.717) is 0 Å². The van der Waals surface area contributed by atoms with Crippen molar-refractivity contribution in [1.82, 2.24) is 20.0 Å². The van der Waals surface area contributed by atoms with Gasteiger partial charge in [-0.15, -0.1) is 10.2 Å². The fourth-order valence-corrected chi connectivity index (χ4v) is 4.60. The molecule has 0 saturated carbocycles. The molecule has 28 heavy (non-hydrogen) atoms. The zero-order valence-corrected chi connectivity index (χ0v) is 17.6. The molecule has 2 fully saturated rings. The molecule has 5 heteroatoms. The fraction of sp³-hybridized carbons (Fsp3) is 0.565. The van der Waals surface area contributed by atoms with Crippen LogP contribution >= 0.6 is 0 Å². The molecule has 1 atom stereocenters. The van der Waals surface area contributed by atoms with E-state index in [9.17, 15) is 0 Å². The van der Waals surface area contributed by atoms with Crippen LogP contribution in [0.3, 0.4) is 0 Å². The van der Waals surface area contributed by atoms with Gasteiger partial charge in [-0.25, -0.2) is 0 Å². The predicted octanol–water partition coefficient (Wildman–Crippen LogP) is 3.22. The molecule has 150 valence electrons. The van der Waals surface area contributed by atoms with E-state index in [-0.39, 0.29) is 0 Å². The second-order valence-electron chi connectivity index (χ2n) is 8.65. The van der Waals surface area contributed by atoms with E-state index in [1.165, 1.54) is 49.2 Å². The molecule has 1 aromatic heterocycles. The van der Waals surface area contributed by atoms with Crippen LogP contribution in [-0.4, -0.2) is 72.9 Å². The van der Waals surface area contributed by atoms with Crippen molar-refractivity contribution in [3.8, 4) is 11.3 Å². The van der Waals surface area contributed by atoms with Gasteiger partial charge in [0.2, 0.25) is 0 Å². The number of hydrogen-bond acceptors (Lipinski definition) is 5. The Bertz CT molecular complexity index is 780. The summed E-state index contributed by atoms with van der Waals surface area (Å²) >= 11 is 0. The average Bonchev–Trinajstić information content (AvgIpc) is 2.71. The summed E-state index contributed by atoms with van der Waals surface area (Å²) in [4.78, 5) is 7.50. The number of anilines is 1. The van der Waals surface area contributed by atoms with E-state index in [2.05, 4.69) is 76.1 Å². The molecule has 0 radical (unpaired) electrons. The van der Waals surface area contributed by atoms with Crippen LogP contribution in [0.4, 0.5) is 5.82 Å². The van der Waals surface area contributed by atoms with Crippen molar-refractivity contribution < 1.29 is 0 Å². The lowest BCUT2D eigenvalue weighted by molar-refractivity contribution is 0.147. The number of hydrogen-bond donors (Lipinski definition) is 0. The molecule has 1 unspecified atom stereocenters. The first-order chi connectivity index (χ1) is 13.6. The minimum atomic E-state index is 0.835. The second-order valence-corrected chi connectivity index (χ2v) is 8.65. The van der Waals surface area contributed by atoms with Gasteiger partial charge in [0.05, 0.1) is 5.69 Å². The SMILES string of the molecule is Cc1ccc(C)c(-c2ccc(N3CCN(CC4CCCN(C)C4)CC3)nn2)c1. The number of aromatic nitrogens is 2. The molecule has 0 amide bonds. The second kappa shape index (κ2) is 8.58. The molecule has 0 spiro atoms. The zero-order valence-electron chi connectivity index (χ0n) is 17.6. The maximum Gasteiger partial charge on any atom is 0.151 e.